The predicted octanol–water partition coefficient (Wildman–Crippen LogP) is 3.66. The van der Waals surface area contributed by atoms with Crippen LogP contribution >= 0.6 is 0 Å². The average Bonchev–Trinajstić information content (AvgIpc) is 2.63. The molecule has 138 valence electrons. The van der Waals surface area contributed by atoms with Gasteiger partial charge in [0.15, 0.2) is 0 Å². The Morgan fingerprint density at radius 2 is 1.11 bits per heavy atom. The van der Waals surface area contributed by atoms with E-state index in [1.807, 2.05) is 43.3 Å². The van der Waals surface area contributed by atoms with Crippen LogP contribution in [0.15, 0.2) is 70.8 Å². The van der Waals surface area contributed by atoms with Crippen molar-refractivity contribution >= 4 is 21.8 Å². The smallest absolute Gasteiger partial charge is 0.258 e. The van der Waals surface area contributed by atoms with Crippen molar-refractivity contribution < 1.29 is 0 Å². The van der Waals surface area contributed by atoms with Gasteiger partial charge in [0.2, 0.25) is 0 Å². The normalized spacial score (nSPS) is 9.74. The molecular formula is C21H22N4O2. The number of para-hydroxylation sites is 2. The topological polar surface area (TPSA) is 91.5 Å². The molecule has 0 atom stereocenters. The van der Waals surface area contributed by atoms with Gasteiger partial charge in [-0.05, 0) is 45.0 Å². The summed E-state index contributed by atoms with van der Waals surface area (Å²) in [4.78, 5) is 36.3. The predicted molar refractivity (Wildman–Crippen MR) is 110 cm³/mol. The lowest BCUT2D eigenvalue weighted by molar-refractivity contribution is 1.06. The van der Waals surface area contributed by atoms with Crippen molar-refractivity contribution in [2.24, 2.45) is 0 Å². The van der Waals surface area contributed by atoms with Crippen LogP contribution in [0, 0.1) is 13.8 Å². The van der Waals surface area contributed by atoms with Crippen molar-refractivity contribution in [1.29, 1.82) is 0 Å². The molecule has 0 amide bonds. The molecule has 0 spiro atoms. The van der Waals surface area contributed by atoms with Crippen LogP contribution in [0.4, 0.5) is 0 Å². The van der Waals surface area contributed by atoms with Crippen molar-refractivity contribution in [3.05, 3.63) is 93.5 Å². The Bertz CT molecular complexity index is 1080. The first kappa shape index (κ1) is 19.8. The number of nitrogens with one attached hydrogen (secondary N) is 2. The van der Waals surface area contributed by atoms with Gasteiger partial charge in [-0.2, -0.15) is 0 Å². The molecular weight excluding hydrogens is 340 g/mol. The molecule has 0 aliphatic heterocycles. The number of aromatic nitrogens is 4. The molecule has 6 nitrogen and oxygen atoms in total. The molecule has 2 N–H and O–H groups in total. The Hall–Kier alpha value is -3.54. The van der Waals surface area contributed by atoms with E-state index >= 15 is 0 Å². The Labute approximate surface area is 156 Å². The highest BCUT2D eigenvalue weighted by molar-refractivity contribution is 5.77. The summed E-state index contributed by atoms with van der Waals surface area (Å²) in [6.45, 7) is 8.79. The lowest BCUT2D eigenvalue weighted by atomic mass is 10.2. The van der Waals surface area contributed by atoms with Crippen LogP contribution in [0.25, 0.3) is 21.8 Å². The quantitative estimate of drug-likeness (QED) is 0.467. The van der Waals surface area contributed by atoms with Crippen LogP contribution < -0.4 is 11.1 Å². The fourth-order valence-corrected chi connectivity index (χ4v) is 2.41. The van der Waals surface area contributed by atoms with Crippen LogP contribution in [-0.2, 0) is 0 Å². The molecule has 0 aliphatic rings. The van der Waals surface area contributed by atoms with Crippen LogP contribution in [0.3, 0.4) is 0 Å². The van der Waals surface area contributed by atoms with Gasteiger partial charge in [-0.15, -0.1) is 6.58 Å². The molecule has 0 saturated carbocycles. The zero-order chi connectivity index (χ0) is 19.8. The molecule has 0 radical (unpaired) electrons. The van der Waals surface area contributed by atoms with Crippen molar-refractivity contribution in [2.75, 3.05) is 0 Å². The maximum Gasteiger partial charge on any atom is 0.258 e. The number of fused-ring (bicyclic) bond motifs is 2. The molecule has 2 aromatic carbocycles. The zero-order valence-corrected chi connectivity index (χ0v) is 15.6. The number of hydrogen-bond acceptors (Lipinski definition) is 4. The van der Waals surface area contributed by atoms with Crippen molar-refractivity contribution in [1.82, 2.24) is 19.9 Å². The standard InChI is InChI=1S/2C9H8N2O.C3H6/c2*1-6-10-8-5-3-2-4-7(8)9(12)11-6;1-3-2/h2*2-5H,1H3,(H,10,11,12);3H,1H2,2H3. The van der Waals surface area contributed by atoms with Gasteiger partial charge in [0.1, 0.15) is 11.6 Å². The van der Waals surface area contributed by atoms with E-state index in [9.17, 15) is 9.59 Å². The SMILES string of the molecule is C=CC.Cc1nc2ccccc2c(=O)[nH]1.Cc1nc2ccccc2c(=O)[nH]1. The molecule has 27 heavy (non-hydrogen) atoms. The van der Waals surface area contributed by atoms with Crippen molar-refractivity contribution in [3.63, 3.8) is 0 Å². The highest BCUT2D eigenvalue weighted by atomic mass is 16.1. The van der Waals surface area contributed by atoms with E-state index in [0.29, 0.717) is 22.4 Å². The fourth-order valence-electron chi connectivity index (χ4n) is 2.41. The van der Waals surface area contributed by atoms with Gasteiger partial charge in [-0.25, -0.2) is 9.97 Å². The molecule has 0 fully saturated rings. The zero-order valence-electron chi connectivity index (χ0n) is 15.6. The molecule has 6 heteroatoms. The first-order valence-electron chi connectivity index (χ1n) is 8.44. The number of rotatable bonds is 0. The maximum absolute atomic E-state index is 11.3. The fraction of sp³-hybridized carbons (Fsp3) is 0.143. The van der Waals surface area contributed by atoms with Gasteiger partial charge < -0.3 is 9.97 Å². The Balaban J connectivity index is 0.000000170. The minimum Gasteiger partial charge on any atom is -0.310 e. The molecule has 0 unspecified atom stereocenters. The van der Waals surface area contributed by atoms with Gasteiger partial charge in [-0.1, -0.05) is 30.3 Å². The minimum absolute atomic E-state index is 0.0712. The third-order valence-electron chi connectivity index (χ3n) is 3.46. The number of H-pyrrole nitrogens is 2. The molecule has 2 heterocycles. The largest absolute Gasteiger partial charge is 0.310 e. The number of hydrogen-bond donors (Lipinski definition) is 2. The van der Waals surface area contributed by atoms with Crippen LogP contribution in [0.1, 0.15) is 18.6 Å². The Morgan fingerprint density at radius 3 is 1.48 bits per heavy atom. The van der Waals surface area contributed by atoms with E-state index in [1.54, 1.807) is 32.1 Å². The van der Waals surface area contributed by atoms with Gasteiger partial charge in [0.25, 0.3) is 11.1 Å². The summed E-state index contributed by atoms with van der Waals surface area (Å²) >= 11 is 0. The Kier molecular flexibility index (Phi) is 6.77. The first-order chi connectivity index (χ1) is 13.0. The van der Waals surface area contributed by atoms with E-state index < -0.39 is 0 Å². The van der Waals surface area contributed by atoms with Crippen molar-refractivity contribution in [3.8, 4) is 0 Å². The molecule has 0 aliphatic carbocycles. The summed E-state index contributed by atoms with van der Waals surface area (Å²) in [7, 11) is 0. The number of allylic oxidation sites excluding steroid dienone is 1. The van der Waals surface area contributed by atoms with Crippen molar-refractivity contribution in [2.45, 2.75) is 20.8 Å². The second-order valence-electron chi connectivity index (χ2n) is 5.75. The van der Waals surface area contributed by atoms with Crippen LogP contribution in [-0.4, -0.2) is 19.9 Å². The van der Waals surface area contributed by atoms with Gasteiger partial charge in [-0.3, -0.25) is 9.59 Å². The summed E-state index contributed by atoms with van der Waals surface area (Å²) < 4.78 is 0. The molecule has 4 rings (SSSR count). The van der Waals surface area contributed by atoms with E-state index in [0.717, 1.165) is 11.0 Å². The summed E-state index contributed by atoms with van der Waals surface area (Å²) in [5.74, 6) is 1.30. The Morgan fingerprint density at radius 1 is 0.778 bits per heavy atom. The van der Waals surface area contributed by atoms with Gasteiger partial charge in [0, 0.05) is 0 Å². The van der Waals surface area contributed by atoms with E-state index in [4.69, 9.17) is 0 Å². The van der Waals surface area contributed by atoms with Crippen LogP contribution in [0.2, 0.25) is 0 Å². The second kappa shape index (κ2) is 9.24. The second-order valence-corrected chi connectivity index (χ2v) is 5.75. The molecule has 4 aromatic rings. The van der Waals surface area contributed by atoms with E-state index in [2.05, 4.69) is 26.5 Å². The number of aromatic amines is 2. The summed E-state index contributed by atoms with van der Waals surface area (Å²) in [6.07, 6.45) is 1.75. The summed E-state index contributed by atoms with van der Waals surface area (Å²) in [6, 6.07) is 14.6. The summed E-state index contributed by atoms with van der Waals surface area (Å²) in [5, 5.41) is 1.28. The number of aryl methyl sites for hydroxylation is 2. The molecule has 2 aromatic heterocycles. The average molecular weight is 362 g/mol. The third kappa shape index (κ3) is 5.22. The summed E-state index contributed by atoms with van der Waals surface area (Å²) in [5.41, 5.74) is 1.36. The highest BCUT2D eigenvalue weighted by Crippen LogP contribution is 2.05. The van der Waals surface area contributed by atoms with Crippen LogP contribution in [0.5, 0.6) is 0 Å². The molecule has 0 bridgehead atoms. The lowest BCUT2D eigenvalue weighted by Crippen LogP contribution is -2.09. The minimum atomic E-state index is -0.0712. The van der Waals surface area contributed by atoms with E-state index in [-0.39, 0.29) is 11.1 Å². The molecule has 0 saturated heterocycles. The lowest BCUT2D eigenvalue weighted by Gasteiger charge is -1.96. The van der Waals surface area contributed by atoms with Gasteiger partial charge >= 0.3 is 0 Å². The van der Waals surface area contributed by atoms with Gasteiger partial charge in [0.05, 0.1) is 21.8 Å². The number of nitrogens with zero attached hydrogens (tertiary/aromatic N) is 2. The maximum atomic E-state index is 11.3. The highest BCUT2D eigenvalue weighted by Gasteiger charge is 1.98. The van der Waals surface area contributed by atoms with E-state index in [1.165, 1.54) is 0 Å². The first-order valence-corrected chi connectivity index (χ1v) is 8.44. The monoisotopic (exact) mass is 362 g/mol. The third-order valence-corrected chi connectivity index (χ3v) is 3.46. The number of benzene rings is 2.